The van der Waals surface area contributed by atoms with Crippen LogP contribution in [0.5, 0.6) is 0 Å². The average molecular weight is 384 g/mol. The van der Waals surface area contributed by atoms with Crippen molar-refractivity contribution in [3.63, 3.8) is 0 Å². The predicted molar refractivity (Wildman–Crippen MR) is 117 cm³/mol. The number of hydrogen-bond donors (Lipinski definition) is 1. The van der Waals surface area contributed by atoms with Gasteiger partial charge in [0, 0.05) is 28.1 Å². The lowest BCUT2D eigenvalue weighted by Gasteiger charge is -2.17. The number of nitrogens with two attached hydrogens (primary N) is 1. The van der Waals surface area contributed by atoms with Crippen LogP contribution in [0.15, 0.2) is 88.1 Å². The molecule has 0 amide bonds. The molecule has 0 unspecified atom stereocenters. The van der Waals surface area contributed by atoms with Crippen molar-refractivity contribution in [3.05, 3.63) is 117 Å². The normalized spacial score (nSPS) is 12.2. The van der Waals surface area contributed by atoms with E-state index in [0.717, 1.165) is 17.4 Å². The molecule has 3 heteroatoms. The van der Waals surface area contributed by atoms with Crippen LogP contribution in [0.4, 0.5) is 0 Å². The Morgan fingerprint density at radius 2 is 1.62 bits per heavy atom. The number of rotatable bonds is 6. The molecule has 0 aliphatic heterocycles. The van der Waals surface area contributed by atoms with Gasteiger partial charge in [0.15, 0.2) is 0 Å². The lowest BCUT2D eigenvalue weighted by atomic mass is 9.97. The van der Waals surface area contributed by atoms with Crippen molar-refractivity contribution >= 4 is 11.0 Å². The molecule has 0 saturated carbocycles. The Labute approximate surface area is 171 Å². The van der Waals surface area contributed by atoms with Crippen LogP contribution in [-0.4, -0.2) is 0 Å². The van der Waals surface area contributed by atoms with Crippen molar-refractivity contribution in [3.8, 4) is 0 Å². The molecule has 0 bridgehead atoms. The first-order valence-electron chi connectivity index (χ1n) is 10.1. The standard InChI is InChI=1S/C26H25NO2/c1-3-19-11-14-23-22(16-25(28)29-24(23)15-19)17-27-26(20-7-5-4-6-8-20)21-12-9-18(2)10-13-21/h4-16,26-27H,3,17H2,1-2H3/p+1/t26-/m0/s1. The minimum Gasteiger partial charge on any atom is -0.423 e. The maximum atomic E-state index is 12.1. The lowest BCUT2D eigenvalue weighted by molar-refractivity contribution is -0.702. The van der Waals surface area contributed by atoms with Gasteiger partial charge in [-0.15, -0.1) is 0 Å². The maximum absolute atomic E-state index is 12.1. The molecule has 0 aliphatic carbocycles. The Balaban J connectivity index is 1.69. The van der Waals surface area contributed by atoms with Gasteiger partial charge in [-0.05, 0) is 25.0 Å². The van der Waals surface area contributed by atoms with E-state index in [4.69, 9.17) is 4.42 Å². The monoisotopic (exact) mass is 384 g/mol. The SMILES string of the molecule is CCc1ccc2c(C[NH2+][C@@H](c3ccccc3)c3ccc(C)cc3)cc(=O)oc2c1. The molecule has 0 radical (unpaired) electrons. The third-order valence-corrected chi connectivity index (χ3v) is 5.47. The largest absolute Gasteiger partial charge is 0.423 e. The molecule has 4 rings (SSSR count). The molecule has 0 saturated heterocycles. The second kappa shape index (κ2) is 8.46. The molecule has 29 heavy (non-hydrogen) atoms. The molecule has 1 atom stereocenters. The van der Waals surface area contributed by atoms with Gasteiger partial charge < -0.3 is 9.73 Å². The van der Waals surface area contributed by atoms with Crippen molar-refractivity contribution < 1.29 is 9.73 Å². The van der Waals surface area contributed by atoms with E-state index in [2.05, 4.69) is 79.8 Å². The van der Waals surface area contributed by atoms with Crippen LogP contribution in [-0.2, 0) is 13.0 Å². The van der Waals surface area contributed by atoms with Crippen LogP contribution >= 0.6 is 0 Å². The summed E-state index contributed by atoms with van der Waals surface area (Å²) in [5.41, 5.74) is 6.31. The summed E-state index contributed by atoms with van der Waals surface area (Å²) in [5.74, 6) is 0. The predicted octanol–water partition coefficient (Wildman–Crippen LogP) is 4.52. The third kappa shape index (κ3) is 4.30. The Kier molecular flexibility index (Phi) is 5.59. The highest BCUT2D eigenvalue weighted by Gasteiger charge is 2.18. The molecule has 4 aromatic rings. The van der Waals surface area contributed by atoms with E-state index in [0.29, 0.717) is 12.1 Å². The van der Waals surface area contributed by atoms with Gasteiger partial charge in [0.1, 0.15) is 18.2 Å². The molecule has 2 N–H and O–H groups in total. The van der Waals surface area contributed by atoms with E-state index in [1.54, 1.807) is 6.07 Å². The van der Waals surface area contributed by atoms with Crippen LogP contribution in [0.3, 0.4) is 0 Å². The van der Waals surface area contributed by atoms with Gasteiger partial charge in [0.25, 0.3) is 0 Å². The van der Waals surface area contributed by atoms with Gasteiger partial charge in [-0.2, -0.15) is 0 Å². The molecule has 1 heterocycles. The summed E-state index contributed by atoms with van der Waals surface area (Å²) in [6.07, 6.45) is 0.916. The second-order valence-corrected chi connectivity index (χ2v) is 7.51. The molecule has 0 spiro atoms. The number of aryl methyl sites for hydroxylation is 2. The zero-order chi connectivity index (χ0) is 20.2. The van der Waals surface area contributed by atoms with Gasteiger partial charge in [0.05, 0.1) is 0 Å². The summed E-state index contributed by atoms with van der Waals surface area (Å²) in [6.45, 7) is 4.90. The smallest absolute Gasteiger partial charge is 0.336 e. The van der Waals surface area contributed by atoms with E-state index in [1.165, 1.54) is 22.3 Å². The fraction of sp³-hybridized carbons (Fsp3) is 0.192. The summed E-state index contributed by atoms with van der Waals surface area (Å²) in [6, 6.07) is 27.1. The van der Waals surface area contributed by atoms with Crippen molar-refractivity contribution in [2.45, 2.75) is 32.9 Å². The van der Waals surface area contributed by atoms with Crippen LogP contribution in [0.25, 0.3) is 11.0 Å². The van der Waals surface area contributed by atoms with Crippen molar-refractivity contribution in [2.24, 2.45) is 0 Å². The molecule has 3 nitrogen and oxygen atoms in total. The minimum absolute atomic E-state index is 0.161. The fourth-order valence-electron chi connectivity index (χ4n) is 3.81. The topological polar surface area (TPSA) is 46.8 Å². The summed E-state index contributed by atoms with van der Waals surface area (Å²) >= 11 is 0. The number of hydrogen-bond acceptors (Lipinski definition) is 2. The van der Waals surface area contributed by atoms with Crippen LogP contribution in [0.2, 0.25) is 0 Å². The lowest BCUT2D eigenvalue weighted by Crippen LogP contribution is -2.84. The molecule has 1 aromatic heterocycles. The van der Waals surface area contributed by atoms with Crippen molar-refractivity contribution in [2.75, 3.05) is 0 Å². The zero-order valence-corrected chi connectivity index (χ0v) is 16.9. The molecular weight excluding hydrogens is 358 g/mol. The molecule has 0 aliphatic rings. The number of quaternary nitrogens is 1. The van der Waals surface area contributed by atoms with E-state index in [9.17, 15) is 4.79 Å². The van der Waals surface area contributed by atoms with Gasteiger partial charge >= 0.3 is 5.63 Å². The van der Waals surface area contributed by atoms with Crippen molar-refractivity contribution in [1.29, 1.82) is 0 Å². The van der Waals surface area contributed by atoms with Crippen molar-refractivity contribution in [1.82, 2.24) is 0 Å². The third-order valence-electron chi connectivity index (χ3n) is 5.47. The minimum atomic E-state index is -0.291. The van der Waals surface area contributed by atoms with Gasteiger partial charge in [0.2, 0.25) is 0 Å². The highest BCUT2D eigenvalue weighted by molar-refractivity contribution is 5.80. The highest BCUT2D eigenvalue weighted by Crippen LogP contribution is 2.21. The summed E-state index contributed by atoms with van der Waals surface area (Å²) in [5, 5.41) is 3.30. The Bertz CT molecular complexity index is 1160. The van der Waals surface area contributed by atoms with E-state index < -0.39 is 0 Å². The first-order valence-corrected chi connectivity index (χ1v) is 10.1. The molecule has 0 fully saturated rings. The van der Waals surface area contributed by atoms with E-state index in [-0.39, 0.29) is 11.7 Å². The highest BCUT2D eigenvalue weighted by atomic mass is 16.4. The zero-order valence-electron chi connectivity index (χ0n) is 16.9. The molecule has 3 aromatic carbocycles. The van der Waals surface area contributed by atoms with E-state index in [1.807, 2.05) is 12.1 Å². The van der Waals surface area contributed by atoms with Gasteiger partial charge in [-0.3, -0.25) is 0 Å². The summed E-state index contributed by atoms with van der Waals surface area (Å²) < 4.78 is 5.46. The molecular formula is C26H26NO2+. The Hall–Kier alpha value is -3.17. The first-order chi connectivity index (χ1) is 14.1. The Morgan fingerprint density at radius 3 is 2.34 bits per heavy atom. The summed E-state index contributed by atoms with van der Waals surface area (Å²) in [7, 11) is 0. The van der Waals surface area contributed by atoms with Crippen LogP contribution < -0.4 is 10.9 Å². The number of benzene rings is 3. The second-order valence-electron chi connectivity index (χ2n) is 7.51. The fourth-order valence-corrected chi connectivity index (χ4v) is 3.81. The summed E-state index contributed by atoms with van der Waals surface area (Å²) in [4.78, 5) is 12.1. The van der Waals surface area contributed by atoms with Crippen LogP contribution in [0, 0.1) is 6.92 Å². The van der Waals surface area contributed by atoms with Gasteiger partial charge in [-0.25, -0.2) is 4.79 Å². The van der Waals surface area contributed by atoms with Crippen LogP contribution in [0.1, 0.15) is 40.8 Å². The number of fused-ring (bicyclic) bond motifs is 1. The average Bonchev–Trinajstić information content (AvgIpc) is 2.75. The van der Waals surface area contributed by atoms with E-state index >= 15 is 0 Å². The quantitative estimate of drug-likeness (QED) is 0.497. The Morgan fingerprint density at radius 1 is 0.897 bits per heavy atom. The molecule has 146 valence electrons. The maximum Gasteiger partial charge on any atom is 0.336 e. The van der Waals surface area contributed by atoms with Gasteiger partial charge in [-0.1, -0.05) is 79.2 Å². The first kappa shape index (κ1) is 19.2.